The number of benzene rings is 1. The predicted octanol–water partition coefficient (Wildman–Crippen LogP) is 1.47. The first kappa shape index (κ1) is 14.5. The van der Waals surface area contributed by atoms with E-state index in [4.69, 9.17) is 0 Å². The molecule has 1 aromatic carbocycles. The summed E-state index contributed by atoms with van der Waals surface area (Å²) in [4.78, 5) is 25.1. The van der Waals surface area contributed by atoms with Crippen molar-refractivity contribution in [2.75, 3.05) is 26.0 Å². The highest BCUT2D eigenvalue weighted by atomic mass is 16.2. The van der Waals surface area contributed by atoms with Gasteiger partial charge < -0.3 is 15.5 Å². The van der Waals surface area contributed by atoms with E-state index < -0.39 is 0 Å². The first-order chi connectivity index (χ1) is 9.56. The van der Waals surface area contributed by atoms with Crippen LogP contribution in [0.3, 0.4) is 0 Å². The summed E-state index contributed by atoms with van der Waals surface area (Å²) in [5.74, 6) is -0.0332. The van der Waals surface area contributed by atoms with Gasteiger partial charge in [-0.2, -0.15) is 0 Å². The molecular weight excluding hydrogens is 254 g/mol. The maximum Gasteiger partial charge on any atom is 0.253 e. The summed E-state index contributed by atoms with van der Waals surface area (Å²) in [7, 11) is 3.43. The Morgan fingerprint density at radius 1 is 1.30 bits per heavy atom. The van der Waals surface area contributed by atoms with Crippen LogP contribution in [0, 0.1) is 0 Å². The van der Waals surface area contributed by atoms with Crippen molar-refractivity contribution in [2.24, 2.45) is 0 Å². The van der Waals surface area contributed by atoms with Crippen LogP contribution in [0.1, 0.15) is 29.6 Å². The Kier molecular flexibility index (Phi) is 4.74. The number of amides is 2. The fraction of sp³-hybridized carbons (Fsp3) is 0.467. The molecule has 0 aliphatic carbocycles. The van der Waals surface area contributed by atoms with Crippen molar-refractivity contribution in [2.45, 2.75) is 25.3 Å². The maximum atomic E-state index is 11.9. The lowest BCUT2D eigenvalue weighted by Crippen LogP contribution is -2.27. The lowest BCUT2D eigenvalue weighted by Gasteiger charge is -2.12. The SMILES string of the molecule is CN(C)C(=O)c1ccc(NC(=O)CC2CCCN2)cc1. The zero-order valence-electron chi connectivity index (χ0n) is 12.0. The average Bonchev–Trinajstić information content (AvgIpc) is 2.91. The lowest BCUT2D eigenvalue weighted by atomic mass is 10.1. The minimum atomic E-state index is -0.0435. The molecule has 0 spiro atoms. The van der Waals surface area contributed by atoms with Crippen molar-refractivity contribution in [1.82, 2.24) is 10.2 Å². The zero-order chi connectivity index (χ0) is 14.5. The van der Waals surface area contributed by atoms with Gasteiger partial charge >= 0.3 is 0 Å². The average molecular weight is 275 g/mol. The van der Waals surface area contributed by atoms with Crippen LogP contribution in [0.2, 0.25) is 0 Å². The van der Waals surface area contributed by atoms with Gasteiger partial charge in [0, 0.05) is 37.8 Å². The molecule has 5 heteroatoms. The van der Waals surface area contributed by atoms with Crippen molar-refractivity contribution in [3.8, 4) is 0 Å². The number of hydrogen-bond acceptors (Lipinski definition) is 3. The third kappa shape index (κ3) is 3.81. The molecule has 1 fully saturated rings. The summed E-state index contributed by atoms with van der Waals surface area (Å²) in [5.41, 5.74) is 1.34. The smallest absolute Gasteiger partial charge is 0.253 e. The van der Waals surface area contributed by atoms with Gasteiger partial charge in [-0.3, -0.25) is 9.59 Å². The number of rotatable bonds is 4. The van der Waals surface area contributed by atoms with Gasteiger partial charge in [-0.05, 0) is 43.7 Å². The van der Waals surface area contributed by atoms with Gasteiger partial charge in [-0.15, -0.1) is 0 Å². The highest BCUT2D eigenvalue weighted by Crippen LogP contribution is 2.13. The molecule has 1 aromatic rings. The summed E-state index contributed by atoms with van der Waals surface area (Å²) < 4.78 is 0. The number of nitrogens with zero attached hydrogens (tertiary/aromatic N) is 1. The number of hydrogen-bond donors (Lipinski definition) is 2. The summed E-state index contributed by atoms with van der Waals surface area (Å²) in [5, 5.41) is 6.16. The Bertz CT molecular complexity index is 476. The molecule has 1 unspecified atom stereocenters. The van der Waals surface area contributed by atoms with Gasteiger partial charge in [0.2, 0.25) is 5.91 Å². The molecule has 108 valence electrons. The van der Waals surface area contributed by atoms with Crippen molar-refractivity contribution >= 4 is 17.5 Å². The van der Waals surface area contributed by atoms with E-state index in [0.717, 1.165) is 25.1 Å². The van der Waals surface area contributed by atoms with E-state index in [0.29, 0.717) is 18.0 Å². The van der Waals surface area contributed by atoms with Crippen LogP contribution in [0.4, 0.5) is 5.69 Å². The minimum Gasteiger partial charge on any atom is -0.345 e. The molecule has 0 saturated carbocycles. The molecule has 0 bridgehead atoms. The predicted molar refractivity (Wildman–Crippen MR) is 78.7 cm³/mol. The number of anilines is 1. The topological polar surface area (TPSA) is 61.4 Å². The van der Waals surface area contributed by atoms with Gasteiger partial charge in [-0.25, -0.2) is 0 Å². The molecule has 2 N–H and O–H groups in total. The van der Waals surface area contributed by atoms with Crippen LogP contribution < -0.4 is 10.6 Å². The van der Waals surface area contributed by atoms with E-state index in [2.05, 4.69) is 10.6 Å². The second-order valence-electron chi connectivity index (χ2n) is 5.32. The molecule has 2 rings (SSSR count). The van der Waals surface area contributed by atoms with Crippen molar-refractivity contribution in [3.63, 3.8) is 0 Å². The first-order valence-electron chi connectivity index (χ1n) is 6.91. The molecule has 0 radical (unpaired) electrons. The standard InChI is InChI=1S/C15H21N3O2/c1-18(2)15(20)11-5-7-12(8-6-11)17-14(19)10-13-4-3-9-16-13/h5-8,13,16H,3-4,9-10H2,1-2H3,(H,17,19). The van der Waals surface area contributed by atoms with E-state index >= 15 is 0 Å². The van der Waals surface area contributed by atoms with Gasteiger partial charge in [0.15, 0.2) is 0 Å². The Morgan fingerprint density at radius 2 is 2.00 bits per heavy atom. The second kappa shape index (κ2) is 6.52. The Labute approximate surface area is 119 Å². The normalized spacial score (nSPS) is 17.8. The van der Waals surface area contributed by atoms with Crippen molar-refractivity contribution in [3.05, 3.63) is 29.8 Å². The zero-order valence-corrected chi connectivity index (χ0v) is 12.0. The van der Waals surface area contributed by atoms with Crippen LogP contribution in [0.15, 0.2) is 24.3 Å². The number of nitrogens with one attached hydrogen (secondary N) is 2. The molecule has 1 heterocycles. The Hall–Kier alpha value is -1.88. The van der Waals surface area contributed by atoms with Crippen molar-refractivity contribution in [1.29, 1.82) is 0 Å². The van der Waals surface area contributed by atoms with E-state index in [1.807, 2.05) is 0 Å². The van der Waals surface area contributed by atoms with Gasteiger partial charge in [0.25, 0.3) is 5.91 Å². The number of carbonyl (C=O) groups is 2. The fourth-order valence-electron chi connectivity index (χ4n) is 2.32. The summed E-state index contributed by atoms with van der Waals surface area (Å²) >= 11 is 0. The third-order valence-corrected chi connectivity index (χ3v) is 3.42. The van der Waals surface area contributed by atoms with Crippen LogP contribution in [0.5, 0.6) is 0 Å². The summed E-state index contributed by atoms with van der Waals surface area (Å²) in [6, 6.07) is 7.27. The monoisotopic (exact) mass is 275 g/mol. The minimum absolute atomic E-state index is 0.0103. The molecule has 1 atom stereocenters. The largest absolute Gasteiger partial charge is 0.345 e. The molecule has 20 heavy (non-hydrogen) atoms. The highest BCUT2D eigenvalue weighted by Gasteiger charge is 2.17. The molecule has 1 saturated heterocycles. The van der Waals surface area contributed by atoms with E-state index in [1.165, 1.54) is 4.90 Å². The van der Waals surface area contributed by atoms with Crippen LogP contribution in [0.25, 0.3) is 0 Å². The summed E-state index contributed by atoms with van der Waals surface area (Å²) in [6.45, 7) is 0.999. The van der Waals surface area contributed by atoms with Crippen LogP contribution >= 0.6 is 0 Å². The first-order valence-corrected chi connectivity index (χ1v) is 6.91. The molecule has 1 aliphatic heterocycles. The van der Waals surface area contributed by atoms with Gasteiger partial charge in [0.05, 0.1) is 0 Å². The molecule has 2 amide bonds. The molecule has 0 aromatic heterocycles. The Balaban J connectivity index is 1.89. The van der Waals surface area contributed by atoms with E-state index in [9.17, 15) is 9.59 Å². The van der Waals surface area contributed by atoms with E-state index in [1.54, 1.807) is 38.4 Å². The van der Waals surface area contributed by atoms with Gasteiger partial charge in [-0.1, -0.05) is 0 Å². The van der Waals surface area contributed by atoms with E-state index in [-0.39, 0.29) is 11.8 Å². The fourth-order valence-corrected chi connectivity index (χ4v) is 2.32. The molecule has 1 aliphatic rings. The molecule has 5 nitrogen and oxygen atoms in total. The Morgan fingerprint density at radius 3 is 2.55 bits per heavy atom. The lowest BCUT2D eigenvalue weighted by molar-refractivity contribution is -0.116. The molecular formula is C15H21N3O2. The maximum absolute atomic E-state index is 11.9. The third-order valence-electron chi connectivity index (χ3n) is 3.42. The highest BCUT2D eigenvalue weighted by molar-refractivity contribution is 5.95. The second-order valence-corrected chi connectivity index (χ2v) is 5.32. The van der Waals surface area contributed by atoms with Crippen molar-refractivity contribution < 1.29 is 9.59 Å². The number of carbonyl (C=O) groups excluding carboxylic acids is 2. The van der Waals surface area contributed by atoms with Gasteiger partial charge in [0.1, 0.15) is 0 Å². The summed E-state index contributed by atoms with van der Waals surface area (Å²) in [6.07, 6.45) is 2.70. The van der Waals surface area contributed by atoms with Crippen LogP contribution in [-0.4, -0.2) is 43.4 Å². The van der Waals surface area contributed by atoms with Crippen LogP contribution in [-0.2, 0) is 4.79 Å². The quantitative estimate of drug-likeness (QED) is 0.874.